The lowest BCUT2D eigenvalue weighted by Crippen LogP contribution is -2.30. The first-order chi connectivity index (χ1) is 17.2. The van der Waals surface area contributed by atoms with Crippen LogP contribution in [-0.4, -0.2) is 20.5 Å². The summed E-state index contributed by atoms with van der Waals surface area (Å²) < 4.78 is 69.1. The zero-order valence-electron chi connectivity index (χ0n) is 20.8. The van der Waals surface area contributed by atoms with Crippen molar-refractivity contribution in [2.75, 3.05) is 16.7 Å². The van der Waals surface area contributed by atoms with Crippen molar-refractivity contribution in [3.8, 4) is 0 Å². The smallest absolute Gasteiger partial charge is 0.338 e. The van der Waals surface area contributed by atoms with Gasteiger partial charge in [-0.1, -0.05) is 51.6 Å². The van der Waals surface area contributed by atoms with Crippen molar-refractivity contribution < 1.29 is 26.4 Å². The number of nitrogens with zero attached hydrogens (tertiary/aromatic N) is 2. The van der Waals surface area contributed by atoms with Gasteiger partial charge in [0.05, 0.1) is 35.6 Å². The maximum absolute atomic E-state index is 13.9. The van der Waals surface area contributed by atoms with Crippen molar-refractivity contribution >= 4 is 32.9 Å². The molecule has 2 N–H and O–H groups in total. The number of anilines is 3. The van der Waals surface area contributed by atoms with Gasteiger partial charge in [-0.2, -0.15) is 13.2 Å². The van der Waals surface area contributed by atoms with Crippen molar-refractivity contribution in [1.29, 1.82) is 0 Å². The molecule has 0 amide bonds. The third kappa shape index (κ3) is 5.28. The highest BCUT2D eigenvalue weighted by Gasteiger charge is 2.35. The fraction of sp³-hybridized carbons (Fsp3) is 0.269. The summed E-state index contributed by atoms with van der Waals surface area (Å²) >= 11 is 0. The zero-order valence-corrected chi connectivity index (χ0v) is 21.6. The van der Waals surface area contributed by atoms with Crippen molar-refractivity contribution in [2.24, 2.45) is 0 Å². The maximum atomic E-state index is 13.9. The number of pyridine rings is 1. The quantitative estimate of drug-likeness (QED) is 0.394. The molecule has 0 fully saturated rings. The highest BCUT2D eigenvalue weighted by Crippen LogP contribution is 2.41. The van der Waals surface area contributed by atoms with Crippen molar-refractivity contribution in [1.82, 2.24) is 10.5 Å². The van der Waals surface area contributed by atoms with E-state index in [1.807, 2.05) is 20.8 Å². The number of sulfonamides is 1. The fourth-order valence-electron chi connectivity index (χ4n) is 3.93. The second-order valence-corrected chi connectivity index (χ2v) is 11.5. The molecule has 0 spiro atoms. The molecule has 1 aromatic heterocycles. The monoisotopic (exact) mass is 532 g/mol. The molecule has 1 aliphatic heterocycles. The van der Waals surface area contributed by atoms with Crippen molar-refractivity contribution in [3.63, 3.8) is 0 Å². The van der Waals surface area contributed by atoms with Gasteiger partial charge >= 0.3 is 6.18 Å². The van der Waals surface area contributed by atoms with Gasteiger partial charge in [0.25, 0.3) is 10.0 Å². The molecule has 0 saturated heterocycles. The van der Waals surface area contributed by atoms with Gasteiger partial charge in [-0.05, 0) is 41.3 Å². The number of nitrogens with one attached hydrogen (secondary N) is 2. The lowest BCUT2D eigenvalue weighted by atomic mass is 9.87. The summed E-state index contributed by atoms with van der Waals surface area (Å²) in [4.78, 5) is 8.71. The summed E-state index contributed by atoms with van der Waals surface area (Å²) in [5.41, 5.74) is 4.00. The van der Waals surface area contributed by atoms with E-state index >= 15 is 0 Å². The topological polar surface area (TPSA) is 83.6 Å². The minimum atomic E-state index is -4.65. The maximum Gasteiger partial charge on any atom is 0.433 e. The van der Waals surface area contributed by atoms with Crippen LogP contribution in [0.25, 0.3) is 5.70 Å². The van der Waals surface area contributed by atoms with Gasteiger partial charge in [-0.15, -0.1) is 0 Å². The molecule has 2 heterocycles. The Bertz CT molecular complexity index is 1450. The highest BCUT2D eigenvalue weighted by molar-refractivity contribution is 7.92. The molecule has 0 saturated carbocycles. The van der Waals surface area contributed by atoms with Gasteiger partial charge in [0.1, 0.15) is 11.5 Å². The van der Waals surface area contributed by atoms with Gasteiger partial charge in [-0.25, -0.2) is 13.4 Å². The molecule has 4 rings (SSSR count). The Kier molecular flexibility index (Phi) is 6.72. The van der Waals surface area contributed by atoms with E-state index in [0.717, 1.165) is 15.9 Å². The van der Waals surface area contributed by atoms with Crippen molar-refractivity contribution in [2.45, 2.75) is 43.8 Å². The van der Waals surface area contributed by atoms with Crippen LogP contribution in [0.1, 0.15) is 43.2 Å². The molecule has 0 atom stereocenters. The van der Waals surface area contributed by atoms with Crippen LogP contribution in [0.4, 0.5) is 30.4 Å². The first-order valence-corrected chi connectivity index (χ1v) is 12.8. The molecule has 7 nitrogen and oxygen atoms in total. The van der Waals surface area contributed by atoms with Crippen LogP contribution in [0.3, 0.4) is 0 Å². The minimum Gasteiger partial charge on any atom is -0.338 e. The number of alkyl halides is 3. The Morgan fingerprint density at radius 3 is 2.35 bits per heavy atom. The van der Waals surface area contributed by atoms with Crippen LogP contribution in [0.15, 0.2) is 66.1 Å². The molecule has 0 radical (unpaired) electrons. The number of fused-ring (bicyclic) bond motifs is 2. The largest absolute Gasteiger partial charge is 0.433 e. The summed E-state index contributed by atoms with van der Waals surface area (Å²) in [6.07, 6.45) is -4.65. The molecule has 0 bridgehead atoms. The standard InChI is InChI=1S/C26H27F3N4O3S/c1-16(32-36-5)17-6-12-21-22(14-17)33(15-18-7-13-23(26(27,28)29)31-24(18)30-21)37(34,35)20-10-8-19(9-11-20)25(2,3)4/h6-14,32H,1,15H2,2-5H3,(H,30,31). The predicted molar refractivity (Wildman–Crippen MR) is 137 cm³/mol. The molecule has 1 aliphatic rings. The van der Waals surface area contributed by atoms with Gasteiger partial charge in [0.2, 0.25) is 0 Å². The van der Waals surface area contributed by atoms with E-state index in [4.69, 9.17) is 4.84 Å². The van der Waals surface area contributed by atoms with E-state index < -0.39 is 21.9 Å². The average molecular weight is 533 g/mol. The van der Waals surface area contributed by atoms with Gasteiger partial charge in [0.15, 0.2) is 0 Å². The van der Waals surface area contributed by atoms with Gasteiger partial charge in [-0.3, -0.25) is 14.6 Å². The van der Waals surface area contributed by atoms with E-state index in [-0.39, 0.29) is 39.6 Å². The first kappa shape index (κ1) is 26.5. The molecular weight excluding hydrogens is 505 g/mol. The van der Waals surface area contributed by atoms with E-state index in [1.54, 1.807) is 30.3 Å². The Balaban J connectivity index is 1.88. The Morgan fingerprint density at radius 2 is 1.76 bits per heavy atom. The van der Waals surface area contributed by atoms with Crippen LogP contribution in [0, 0.1) is 0 Å². The van der Waals surface area contributed by atoms with Crippen LogP contribution in [0.5, 0.6) is 0 Å². The van der Waals surface area contributed by atoms with Crippen LogP contribution in [-0.2, 0) is 33.0 Å². The summed E-state index contributed by atoms with van der Waals surface area (Å²) in [5.74, 6) is -0.0709. The average Bonchev–Trinajstić information content (AvgIpc) is 2.99. The van der Waals surface area contributed by atoms with Crippen LogP contribution >= 0.6 is 0 Å². The summed E-state index contributed by atoms with van der Waals surface area (Å²) in [5, 5.41) is 2.90. The highest BCUT2D eigenvalue weighted by atomic mass is 32.2. The van der Waals surface area contributed by atoms with E-state index in [1.165, 1.54) is 25.3 Å². The molecule has 37 heavy (non-hydrogen) atoms. The third-order valence-corrected chi connectivity index (χ3v) is 7.76. The minimum absolute atomic E-state index is 0.0500. The molecule has 0 aliphatic carbocycles. The van der Waals surface area contributed by atoms with E-state index in [0.29, 0.717) is 11.3 Å². The summed E-state index contributed by atoms with van der Waals surface area (Å²) in [7, 11) is -2.72. The number of hydroxylamine groups is 1. The molecule has 196 valence electrons. The third-order valence-electron chi connectivity index (χ3n) is 5.98. The number of rotatable bonds is 5. The molecular formula is C26H27F3N4O3S. The molecule has 2 aromatic carbocycles. The SMILES string of the molecule is C=C(NOC)c1ccc2c(c1)N(S(=O)(=O)c1ccc(C(C)(C)C)cc1)Cc1ccc(C(F)(F)F)nc1N2. The molecule has 0 unspecified atom stereocenters. The summed E-state index contributed by atoms with van der Waals surface area (Å²) in [6.45, 7) is 9.71. The van der Waals surface area contributed by atoms with E-state index in [9.17, 15) is 21.6 Å². The lowest BCUT2D eigenvalue weighted by molar-refractivity contribution is -0.141. The second-order valence-electron chi connectivity index (χ2n) is 9.63. The van der Waals surface area contributed by atoms with Gasteiger partial charge < -0.3 is 5.32 Å². The number of benzene rings is 2. The number of aromatic nitrogens is 1. The summed E-state index contributed by atoms with van der Waals surface area (Å²) in [6, 6.07) is 13.5. The van der Waals surface area contributed by atoms with Crippen LogP contribution in [0.2, 0.25) is 0 Å². The Morgan fingerprint density at radius 1 is 1.08 bits per heavy atom. The number of hydrogen-bond acceptors (Lipinski definition) is 6. The first-order valence-electron chi connectivity index (χ1n) is 11.3. The Labute approximate surface area is 214 Å². The lowest BCUT2D eigenvalue weighted by Gasteiger charge is -2.26. The Hall–Kier alpha value is -3.57. The fourth-order valence-corrected chi connectivity index (χ4v) is 5.38. The number of hydrogen-bond donors (Lipinski definition) is 2. The molecule has 11 heteroatoms. The second kappa shape index (κ2) is 9.38. The number of halogens is 3. The van der Waals surface area contributed by atoms with Gasteiger partial charge in [0, 0.05) is 11.1 Å². The van der Waals surface area contributed by atoms with Crippen LogP contribution < -0.4 is 15.1 Å². The normalized spacial score (nSPS) is 13.8. The van der Waals surface area contributed by atoms with Crippen molar-refractivity contribution in [3.05, 3.63) is 83.6 Å². The predicted octanol–water partition coefficient (Wildman–Crippen LogP) is 5.97. The van der Waals surface area contributed by atoms with E-state index in [2.05, 4.69) is 22.4 Å². The zero-order chi connectivity index (χ0) is 27.2. The molecule has 3 aromatic rings.